The van der Waals surface area contributed by atoms with Gasteiger partial charge in [-0.2, -0.15) is 4.72 Å². The summed E-state index contributed by atoms with van der Waals surface area (Å²) < 4.78 is 56.2. The molecule has 0 aliphatic carbocycles. The molecule has 2 amide bonds. The number of rotatable bonds is 10. The van der Waals surface area contributed by atoms with E-state index in [1.165, 1.54) is 40.5 Å². The first kappa shape index (κ1) is 31.2. The molecule has 2 saturated heterocycles. The Morgan fingerprint density at radius 3 is 2.52 bits per heavy atom. The van der Waals surface area contributed by atoms with Crippen LogP contribution in [0.25, 0.3) is 6.08 Å². The van der Waals surface area contributed by atoms with Gasteiger partial charge in [-0.3, -0.25) is 9.59 Å². The highest BCUT2D eigenvalue weighted by Gasteiger charge is 2.36. The second-order valence-electron chi connectivity index (χ2n) is 9.37. The van der Waals surface area contributed by atoms with Crippen LogP contribution in [0.1, 0.15) is 30.6 Å². The molecule has 2 aliphatic rings. The minimum atomic E-state index is -3.98. The van der Waals surface area contributed by atoms with Gasteiger partial charge in [0.25, 0.3) is 0 Å². The van der Waals surface area contributed by atoms with Crippen molar-refractivity contribution in [2.24, 2.45) is 0 Å². The van der Waals surface area contributed by atoms with Gasteiger partial charge in [0.05, 0.1) is 15.9 Å². The summed E-state index contributed by atoms with van der Waals surface area (Å²) in [5, 5.41) is 1.23. The summed E-state index contributed by atoms with van der Waals surface area (Å²) in [7, 11) is -7.90. The molecule has 0 spiro atoms. The summed E-state index contributed by atoms with van der Waals surface area (Å²) in [5.74, 6) is -0.823. The predicted molar refractivity (Wildman–Crippen MR) is 156 cm³/mol. The van der Waals surface area contributed by atoms with Crippen molar-refractivity contribution in [2.75, 3.05) is 26.2 Å². The number of halogens is 3. The Bertz CT molecular complexity index is 1510. The Kier molecular flexibility index (Phi) is 10.2. The van der Waals surface area contributed by atoms with Crippen molar-refractivity contribution in [2.45, 2.75) is 42.7 Å². The summed E-state index contributed by atoms with van der Waals surface area (Å²) in [5.41, 5.74) is 0. The SMILES string of the molecule is O=C1[C@@H](NS(=O)(=O)C=Cc2ccc(Cl)s2)CCCN1CC(=O)N1CCC[C@@H]1CNS(=O)(=O)c1cc(Cl)ccc1Cl. The second-order valence-corrected chi connectivity index (χ2v) is 15.3. The zero-order valence-electron chi connectivity index (χ0n) is 21.1. The van der Waals surface area contributed by atoms with Gasteiger partial charge in [-0.15, -0.1) is 11.3 Å². The topological polar surface area (TPSA) is 133 Å². The van der Waals surface area contributed by atoms with E-state index in [1.54, 1.807) is 17.0 Å². The maximum atomic E-state index is 13.2. The van der Waals surface area contributed by atoms with Crippen LogP contribution in [0.4, 0.5) is 0 Å². The van der Waals surface area contributed by atoms with E-state index in [0.29, 0.717) is 48.0 Å². The largest absolute Gasteiger partial charge is 0.337 e. The standard InChI is InChI=1S/C24H27Cl3N4O6S3/c25-16-5-7-19(26)21(13-16)40(36,37)28-14-17-3-1-11-31(17)23(32)15-30-10-2-4-20(24(30)33)29-39(34,35)12-9-18-6-8-22(27)38-18/h5-9,12-13,17,20,28-29H,1-4,10-11,14-15H2/t17-,20+/m1/s1. The van der Waals surface area contributed by atoms with Gasteiger partial charge in [0.2, 0.25) is 31.9 Å². The fourth-order valence-electron chi connectivity index (χ4n) is 4.62. The highest BCUT2D eigenvalue weighted by atomic mass is 35.5. The molecule has 4 rings (SSSR count). The Morgan fingerprint density at radius 1 is 1.05 bits per heavy atom. The average Bonchev–Trinajstić information content (AvgIpc) is 3.54. The van der Waals surface area contributed by atoms with Crippen LogP contribution in [0.15, 0.2) is 40.6 Å². The van der Waals surface area contributed by atoms with Crippen molar-refractivity contribution in [1.29, 1.82) is 0 Å². The molecule has 2 aromatic rings. The summed E-state index contributed by atoms with van der Waals surface area (Å²) in [6.45, 7) is 0.461. The Balaban J connectivity index is 1.34. The third kappa shape index (κ3) is 7.97. The van der Waals surface area contributed by atoms with Crippen LogP contribution in [-0.2, 0) is 29.6 Å². The number of hydrogen-bond acceptors (Lipinski definition) is 7. The zero-order valence-corrected chi connectivity index (χ0v) is 25.8. The first-order valence-corrected chi connectivity index (χ1v) is 17.3. The number of sulfonamides is 2. The molecule has 2 fully saturated rings. The van der Waals surface area contributed by atoms with Gasteiger partial charge in [-0.25, -0.2) is 21.6 Å². The molecular formula is C24H27Cl3N4O6S3. The molecule has 40 heavy (non-hydrogen) atoms. The number of hydrogen-bond donors (Lipinski definition) is 2. The van der Waals surface area contributed by atoms with Crippen molar-refractivity contribution < 1.29 is 26.4 Å². The number of piperidine rings is 1. The predicted octanol–water partition coefficient (Wildman–Crippen LogP) is 3.56. The number of carbonyl (C=O) groups excluding carboxylic acids is 2. The minimum absolute atomic E-state index is 0.0245. The normalized spacial score (nSPS) is 20.5. The maximum absolute atomic E-state index is 13.2. The third-order valence-corrected chi connectivity index (χ3v) is 11.0. The van der Waals surface area contributed by atoms with Crippen molar-refractivity contribution in [1.82, 2.24) is 19.2 Å². The summed E-state index contributed by atoms with van der Waals surface area (Å²) in [4.78, 5) is 29.6. The molecule has 0 saturated carbocycles. The van der Waals surface area contributed by atoms with Crippen LogP contribution in [0.3, 0.4) is 0 Å². The van der Waals surface area contributed by atoms with Crippen LogP contribution < -0.4 is 9.44 Å². The lowest BCUT2D eigenvalue weighted by atomic mass is 10.1. The highest BCUT2D eigenvalue weighted by molar-refractivity contribution is 7.92. The average molecular weight is 670 g/mol. The second kappa shape index (κ2) is 13.1. The van der Waals surface area contributed by atoms with Crippen LogP contribution in [-0.4, -0.2) is 76.7 Å². The van der Waals surface area contributed by atoms with E-state index in [2.05, 4.69) is 9.44 Å². The molecule has 1 aromatic heterocycles. The Morgan fingerprint density at radius 2 is 1.80 bits per heavy atom. The number of carbonyl (C=O) groups is 2. The molecule has 16 heteroatoms. The summed E-state index contributed by atoms with van der Waals surface area (Å²) in [6, 6.07) is 6.06. The van der Waals surface area contributed by atoms with Crippen molar-refractivity contribution in [3.8, 4) is 0 Å². The van der Waals surface area contributed by atoms with Gasteiger partial charge in [0.15, 0.2) is 0 Å². The lowest BCUT2D eigenvalue weighted by Crippen LogP contribution is -2.55. The van der Waals surface area contributed by atoms with E-state index < -0.39 is 38.0 Å². The van der Waals surface area contributed by atoms with Gasteiger partial charge >= 0.3 is 0 Å². The first-order valence-electron chi connectivity index (χ1n) is 12.3. The van der Waals surface area contributed by atoms with Crippen molar-refractivity contribution in [3.63, 3.8) is 0 Å². The van der Waals surface area contributed by atoms with Gasteiger partial charge in [-0.1, -0.05) is 34.8 Å². The molecule has 2 atom stereocenters. The van der Waals surface area contributed by atoms with Gasteiger partial charge in [0, 0.05) is 41.0 Å². The van der Waals surface area contributed by atoms with Crippen molar-refractivity contribution >= 4 is 84.1 Å². The molecule has 1 aromatic carbocycles. The molecule has 2 aliphatic heterocycles. The van der Waals surface area contributed by atoms with Crippen LogP contribution in [0.5, 0.6) is 0 Å². The number of thiophene rings is 1. The Hall–Kier alpha value is -1.71. The number of nitrogens with zero attached hydrogens (tertiary/aromatic N) is 2. The summed E-state index contributed by atoms with van der Waals surface area (Å²) in [6.07, 6.45) is 3.47. The lowest BCUT2D eigenvalue weighted by Gasteiger charge is -2.34. The monoisotopic (exact) mass is 668 g/mol. The van der Waals surface area contributed by atoms with E-state index in [-0.39, 0.29) is 33.9 Å². The Labute approximate surface area is 252 Å². The minimum Gasteiger partial charge on any atom is -0.337 e. The quantitative estimate of drug-likeness (QED) is 0.398. The number of nitrogens with one attached hydrogen (secondary N) is 2. The van der Waals surface area contributed by atoms with Crippen LogP contribution in [0, 0.1) is 0 Å². The molecular weight excluding hydrogens is 643 g/mol. The molecule has 0 unspecified atom stereocenters. The fraction of sp³-hybridized carbons (Fsp3) is 0.417. The van der Waals surface area contributed by atoms with E-state index in [9.17, 15) is 26.4 Å². The molecule has 2 N–H and O–H groups in total. The molecule has 0 bridgehead atoms. The van der Waals surface area contributed by atoms with Gasteiger partial charge in [-0.05, 0) is 62.1 Å². The maximum Gasteiger partial charge on any atom is 0.242 e. The lowest BCUT2D eigenvalue weighted by molar-refractivity contribution is -0.143. The number of likely N-dealkylation sites (tertiary alicyclic amines) is 2. The van der Waals surface area contributed by atoms with Crippen LogP contribution >= 0.6 is 46.1 Å². The fourth-order valence-corrected chi connectivity index (χ4v) is 8.52. The summed E-state index contributed by atoms with van der Waals surface area (Å²) >= 11 is 19.1. The molecule has 10 nitrogen and oxygen atoms in total. The van der Waals surface area contributed by atoms with E-state index in [1.807, 2.05) is 0 Å². The van der Waals surface area contributed by atoms with Gasteiger partial charge in [0.1, 0.15) is 10.9 Å². The van der Waals surface area contributed by atoms with E-state index in [4.69, 9.17) is 34.8 Å². The first-order chi connectivity index (χ1) is 18.8. The van der Waals surface area contributed by atoms with Gasteiger partial charge < -0.3 is 9.80 Å². The molecule has 0 radical (unpaired) electrons. The molecule has 3 heterocycles. The number of amides is 2. The smallest absolute Gasteiger partial charge is 0.242 e. The van der Waals surface area contributed by atoms with Crippen molar-refractivity contribution in [3.05, 3.63) is 55.0 Å². The van der Waals surface area contributed by atoms with E-state index >= 15 is 0 Å². The highest BCUT2D eigenvalue weighted by Crippen LogP contribution is 2.26. The van der Waals surface area contributed by atoms with E-state index in [0.717, 1.165) is 5.41 Å². The zero-order chi connectivity index (χ0) is 29.1. The molecule has 218 valence electrons. The van der Waals surface area contributed by atoms with Crippen LogP contribution in [0.2, 0.25) is 14.4 Å². The third-order valence-electron chi connectivity index (χ3n) is 6.56. The number of benzene rings is 1.